The second-order valence-electron chi connectivity index (χ2n) is 6.15. The Bertz CT molecular complexity index is 463. The van der Waals surface area contributed by atoms with Crippen molar-refractivity contribution in [3.8, 4) is 0 Å². The zero-order chi connectivity index (χ0) is 19.3. The Hall–Kier alpha value is -2.65. The molecular formula is C15H25N5O5. The van der Waals surface area contributed by atoms with E-state index < -0.39 is 59.7 Å². The molecule has 0 spiro atoms. The van der Waals surface area contributed by atoms with Crippen molar-refractivity contribution in [1.29, 1.82) is 0 Å². The Morgan fingerprint density at radius 3 is 0.640 bits per heavy atom. The SMILES string of the molecule is C[C@@H]1NC(=O)[C@H](C)NC(=O)[C@@H](C)NC(=O)[C@@H](C)NC(=O)[C@H](C)NC1=O. The van der Waals surface area contributed by atoms with Crippen molar-refractivity contribution in [1.82, 2.24) is 26.6 Å². The lowest BCUT2D eigenvalue weighted by molar-refractivity contribution is -0.133. The van der Waals surface area contributed by atoms with Crippen LogP contribution in [0, 0.1) is 0 Å². The third kappa shape index (κ3) is 5.73. The first-order valence-electron chi connectivity index (χ1n) is 8.04. The van der Waals surface area contributed by atoms with Crippen LogP contribution in [-0.2, 0) is 24.0 Å². The summed E-state index contributed by atoms with van der Waals surface area (Å²) in [5, 5.41) is 12.3. The van der Waals surface area contributed by atoms with Gasteiger partial charge in [-0.25, -0.2) is 0 Å². The fourth-order valence-electron chi connectivity index (χ4n) is 2.02. The van der Waals surface area contributed by atoms with E-state index in [4.69, 9.17) is 0 Å². The molecule has 25 heavy (non-hydrogen) atoms. The number of carbonyl (C=O) groups is 5. The van der Waals surface area contributed by atoms with Gasteiger partial charge in [0, 0.05) is 0 Å². The molecule has 0 bridgehead atoms. The number of amides is 5. The first-order chi connectivity index (χ1) is 11.5. The first-order valence-corrected chi connectivity index (χ1v) is 8.04. The van der Waals surface area contributed by atoms with Crippen LogP contribution in [0.15, 0.2) is 0 Å². The van der Waals surface area contributed by atoms with Crippen LogP contribution in [0.1, 0.15) is 34.6 Å². The minimum atomic E-state index is -0.901. The summed E-state index contributed by atoms with van der Waals surface area (Å²) in [6.45, 7) is 7.30. The van der Waals surface area contributed by atoms with Crippen molar-refractivity contribution in [2.24, 2.45) is 0 Å². The molecular weight excluding hydrogens is 330 g/mol. The van der Waals surface area contributed by atoms with Gasteiger partial charge in [0.1, 0.15) is 30.2 Å². The number of hydrogen-bond acceptors (Lipinski definition) is 5. The van der Waals surface area contributed by atoms with Gasteiger partial charge in [-0.15, -0.1) is 0 Å². The number of rotatable bonds is 0. The third-order valence-corrected chi connectivity index (χ3v) is 3.76. The molecule has 0 aromatic heterocycles. The lowest BCUT2D eigenvalue weighted by atomic mass is 10.2. The molecule has 0 aromatic carbocycles. The van der Waals surface area contributed by atoms with Crippen molar-refractivity contribution in [2.75, 3.05) is 0 Å². The smallest absolute Gasteiger partial charge is 0.242 e. The fourth-order valence-corrected chi connectivity index (χ4v) is 2.02. The van der Waals surface area contributed by atoms with Gasteiger partial charge in [0.25, 0.3) is 0 Å². The third-order valence-electron chi connectivity index (χ3n) is 3.76. The van der Waals surface area contributed by atoms with Gasteiger partial charge in [0.05, 0.1) is 0 Å². The number of carbonyl (C=O) groups excluding carboxylic acids is 5. The zero-order valence-corrected chi connectivity index (χ0v) is 14.9. The molecule has 1 fully saturated rings. The predicted octanol–water partition coefficient (Wildman–Crippen LogP) is -2.48. The topological polar surface area (TPSA) is 146 Å². The lowest BCUT2D eigenvalue weighted by Crippen LogP contribution is -2.55. The van der Waals surface area contributed by atoms with Gasteiger partial charge < -0.3 is 26.6 Å². The monoisotopic (exact) mass is 355 g/mol. The molecule has 0 unspecified atom stereocenters. The standard InChI is InChI=1S/C15H25N5O5/c1-6-11(21)17-8(3)13(23)19-10(5)15(25)20-9(4)14(24)18-7(2)12(22)16-6/h6-10H,1-5H3,(H,16,22)(H,17,21)(H,18,24)(H,19,23)(H,20,25)/t6-,7-,8-,9+,10+/m0/s1. The van der Waals surface area contributed by atoms with Crippen LogP contribution < -0.4 is 26.6 Å². The van der Waals surface area contributed by atoms with Crippen molar-refractivity contribution in [3.05, 3.63) is 0 Å². The molecule has 5 atom stereocenters. The summed E-state index contributed by atoms with van der Waals surface area (Å²) in [6.07, 6.45) is 0. The van der Waals surface area contributed by atoms with Crippen molar-refractivity contribution in [3.63, 3.8) is 0 Å². The highest BCUT2D eigenvalue weighted by atomic mass is 16.2. The maximum absolute atomic E-state index is 12.0. The summed E-state index contributed by atoms with van der Waals surface area (Å²) in [6, 6.07) is -4.51. The predicted molar refractivity (Wildman–Crippen MR) is 88.0 cm³/mol. The van der Waals surface area contributed by atoms with Gasteiger partial charge in [-0.05, 0) is 34.6 Å². The first kappa shape index (κ1) is 20.4. The maximum Gasteiger partial charge on any atom is 0.242 e. The van der Waals surface area contributed by atoms with Crippen LogP contribution in [0.3, 0.4) is 0 Å². The summed E-state index contributed by atoms with van der Waals surface area (Å²) in [4.78, 5) is 60.2. The Kier molecular flexibility index (Phi) is 6.89. The Morgan fingerprint density at radius 1 is 0.400 bits per heavy atom. The van der Waals surface area contributed by atoms with Crippen molar-refractivity contribution >= 4 is 29.5 Å². The maximum atomic E-state index is 12.0. The summed E-state index contributed by atoms with van der Waals surface area (Å²) < 4.78 is 0. The molecule has 140 valence electrons. The van der Waals surface area contributed by atoms with Crippen molar-refractivity contribution < 1.29 is 24.0 Å². The lowest BCUT2D eigenvalue weighted by Gasteiger charge is -2.20. The summed E-state index contributed by atoms with van der Waals surface area (Å²) in [7, 11) is 0. The summed E-state index contributed by atoms with van der Waals surface area (Å²) in [5.41, 5.74) is 0. The van der Waals surface area contributed by atoms with E-state index in [-0.39, 0.29) is 0 Å². The normalized spacial score (nSPS) is 33.0. The second-order valence-corrected chi connectivity index (χ2v) is 6.15. The molecule has 0 saturated carbocycles. The molecule has 1 aliphatic rings. The Morgan fingerprint density at radius 2 is 0.520 bits per heavy atom. The van der Waals surface area contributed by atoms with E-state index >= 15 is 0 Å². The Labute approximate surface area is 145 Å². The van der Waals surface area contributed by atoms with Crippen LogP contribution >= 0.6 is 0 Å². The molecule has 5 N–H and O–H groups in total. The van der Waals surface area contributed by atoms with Gasteiger partial charge >= 0.3 is 0 Å². The largest absolute Gasteiger partial charge is 0.343 e. The second kappa shape index (κ2) is 8.45. The van der Waals surface area contributed by atoms with E-state index in [0.29, 0.717) is 0 Å². The molecule has 10 heteroatoms. The molecule has 1 rings (SSSR count). The van der Waals surface area contributed by atoms with E-state index in [1.165, 1.54) is 34.6 Å². The molecule has 0 aromatic rings. The molecule has 0 aliphatic carbocycles. The van der Waals surface area contributed by atoms with E-state index in [2.05, 4.69) is 26.6 Å². The average Bonchev–Trinajstić information content (AvgIpc) is 2.53. The van der Waals surface area contributed by atoms with E-state index in [1.54, 1.807) is 0 Å². The quantitative estimate of drug-likeness (QED) is 0.327. The van der Waals surface area contributed by atoms with Gasteiger partial charge in [-0.1, -0.05) is 0 Å². The number of hydrogen-bond donors (Lipinski definition) is 5. The molecule has 1 saturated heterocycles. The molecule has 0 radical (unpaired) electrons. The van der Waals surface area contributed by atoms with Crippen LogP contribution in [0.2, 0.25) is 0 Å². The van der Waals surface area contributed by atoms with Crippen LogP contribution in [-0.4, -0.2) is 59.7 Å². The summed E-state index contributed by atoms with van der Waals surface area (Å²) in [5.74, 6) is -2.80. The van der Waals surface area contributed by atoms with E-state index in [1.807, 2.05) is 0 Å². The minimum absolute atomic E-state index is 0.560. The Balaban J connectivity index is 3.01. The van der Waals surface area contributed by atoms with Crippen LogP contribution in [0.4, 0.5) is 0 Å². The highest BCUT2D eigenvalue weighted by Crippen LogP contribution is 1.95. The fraction of sp³-hybridized carbons (Fsp3) is 0.667. The summed E-state index contributed by atoms with van der Waals surface area (Å²) >= 11 is 0. The van der Waals surface area contributed by atoms with E-state index in [0.717, 1.165) is 0 Å². The van der Waals surface area contributed by atoms with Gasteiger partial charge in [0.15, 0.2) is 0 Å². The van der Waals surface area contributed by atoms with Crippen LogP contribution in [0.5, 0.6) is 0 Å². The van der Waals surface area contributed by atoms with Gasteiger partial charge in [-0.2, -0.15) is 0 Å². The molecule has 1 heterocycles. The van der Waals surface area contributed by atoms with Gasteiger partial charge in [-0.3, -0.25) is 24.0 Å². The highest BCUT2D eigenvalue weighted by Gasteiger charge is 2.28. The minimum Gasteiger partial charge on any atom is -0.343 e. The highest BCUT2D eigenvalue weighted by molar-refractivity contribution is 5.97. The van der Waals surface area contributed by atoms with E-state index in [9.17, 15) is 24.0 Å². The average molecular weight is 355 g/mol. The molecule has 1 aliphatic heterocycles. The molecule has 10 nitrogen and oxygen atoms in total. The van der Waals surface area contributed by atoms with Crippen LogP contribution in [0.25, 0.3) is 0 Å². The van der Waals surface area contributed by atoms with Crippen molar-refractivity contribution in [2.45, 2.75) is 64.8 Å². The number of nitrogens with one attached hydrogen (secondary N) is 5. The zero-order valence-electron chi connectivity index (χ0n) is 14.9. The molecule has 5 amide bonds. The van der Waals surface area contributed by atoms with Gasteiger partial charge in [0.2, 0.25) is 29.5 Å².